The molecule has 106 valence electrons. The highest BCUT2D eigenvalue weighted by atomic mass is 16.5. The van der Waals surface area contributed by atoms with E-state index >= 15 is 0 Å². The van der Waals surface area contributed by atoms with Gasteiger partial charge in [-0.2, -0.15) is 0 Å². The topological polar surface area (TPSA) is 57.4 Å². The van der Waals surface area contributed by atoms with E-state index in [2.05, 4.69) is 24.9 Å². The predicted octanol–water partition coefficient (Wildman–Crippen LogP) is 2.08. The Bertz CT molecular complexity index is 419. The Balaban J connectivity index is 1.89. The first-order chi connectivity index (χ1) is 9.20. The third-order valence-electron chi connectivity index (χ3n) is 3.23. The monoisotopic (exact) mass is 264 g/mol. The van der Waals surface area contributed by atoms with Gasteiger partial charge < -0.3 is 15.2 Å². The van der Waals surface area contributed by atoms with Gasteiger partial charge in [-0.15, -0.1) is 0 Å². The molecule has 1 aromatic rings. The van der Waals surface area contributed by atoms with Gasteiger partial charge in [0.1, 0.15) is 6.61 Å². The lowest BCUT2D eigenvalue weighted by Crippen LogP contribution is -2.13. The number of hydrogen-bond acceptors (Lipinski definition) is 4. The first-order valence-corrected chi connectivity index (χ1v) is 7.13. The molecule has 0 aliphatic heterocycles. The second kappa shape index (κ2) is 6.87. The normalized spacial score (nSPS) is 13.9. The molecular weight excluding hydrogens is 240 g/mol. The molecule has 19 heavy (non-hydrogen) atoms. The Morgan fingerprint density at radius 2 is 2.16 bits per heavy atom. The Hall–Kier alpha value is -1.13. The van der Waals surface area contributed by atoms with E-state index in [0.29, 0.717) is 31.6 Å². The van der Waals surface area contributed by atoms with Crippen LogP contribution >= 0.6 is 0 Å². The molecule has 0 amide bonds. The Morgan fingerprint density at radius 1 is 1.32 bits per heavy atom. The number of aryl methyl sites for hydroxylation is 2. The molecule has 0 atom stereocenters. The predicted molar refractivity (Wildman–Crippen MR) is 75.3 cm³/mol. The smallest absolute Gasteiger partial charge is 0.218 e. The van der Waals surface area contributed by atoms with E-state index in [0.717, 1.165) is 25.0 Å². The number of fused-ring (bicyclic) bond motifs is 1. The van der Waals surface area contributed by atoms with E-state index < -0.39 is 0 Å². The van der Waals surface area contributed by atoms with E-state index in [-0.39, 0.29) is 0 Å². The van der Waals surface area contributed by atoms with Gasteiger partial charge in [0, 0.05) is 24.4 Å². The molecular formula is C15H24N2O2. The number of nitrogens with zero attached hydrogens (tertiary/aromatic N) is 1. The lowest BCUT2D eigenvalue weighted by Gasteiger charge is -2.12. The van der Waals surface area contributed by atoms with E-state index in [1.165, 1.54) is 17.7 Å². The largest absolute Gasteiger partial charge is 0.475 e. The molecule has 4 heteroatoms. The van der Waals surface area contributed by atoms with E-state index in [4.69, 9.17) is 15.2 Å². The molecule has 0 aromatic carbocycles. The van der Waals surface area contributed by atoms with Crippen LogP contribution in [0.1, 0.15) is 37.1 Å². The third-order valence-corrected chi connectivity index (χ3v) is 3.23. The van der Waals surface area contributed by atoms with Gasteiger partial charge >= 0.3 is 0 Å². The van der Waals surface area contributed by atoms with Crippen molar-refractivity contribution in [2.75, 3.05) is 19.8 Å². The summed E-state index contributed by atoms with van der Waals surface area (Å²) in [5, 5.41) is 0. The molecule has 0 radical (unpaired) electrons. The molecule has 0 saturated heterocycles. The van der Waals surface area contributed by atoms with Crippen molar-refractivity contribution in [3.63, 3.8) is 0 Å². The first-order valence-electron chi connectivity index (χ1n) is 7.13. The second-order valence-electron chi connectivity index (χ2n) is 5.43. The first kappa shape index (κ1) is 14.3. The molecule has 0 saturated carbocycles. The van der Waals surface area contributed by atoms with E-state index in [1.807, 2.05) is 0 Å². The van der Waals surface area contributed by atoms with Gasteiger partial charge in [-0.05, 0) is 36.8 Å². The molecule has 4 nitrogen and oxygen atoms in total. The summed E-state index contributed by atoms with van der Waals surface area (Å²) in [4.78, 5) is 4.60. The summed E-state index contributed by atoms with van der Waals surface area (Å²) >= 11 is 0. The molecule has 0 spiro atoms. The quantitative estimate of drug-likeness (QED) is 0.766. The van der Waals surface area contributed by atoms with E-state index in [1.54, 1.807) is 0 Å². The number of nitrogens with two attached hydrogens (primary N) is 1. The average Bonchev–Trinajstić information content (AvgIpc) is 2.83. The lowest BCUT2D eigenvalue weighted by atomic mass is 10.1. The number of aromatic nitrogens is 1. The summed E-state index contributed by atoms with van der Waals surface area (Å²) in [6.07, 6.45) is 3.36. The van der Waals surface area contributed by atoms with Crippen molar-refractivity contribution in [2.24, 2.45) is 11.7 Å². The summed E-state index contributed by atoms with van der Waals surface area (Å²) in [6, 6.07) is 2.15. The average molecular weight is 264 g/mol. The summed E-state index contributed by atoms with van der Waals surface area (Å²) in [5.41, 5.74) is 9.28. The van der Waals surface area contributed by atoms with E-state index in [9.17, 15) is 0 Å². The van der Waals surface area contributed by atoms with Crippen LogP contribution in [0.4, 0.5) is 0 Å². The fourth-order valence-electron chi connectivity index (χ4n) is 2.29. The van der Waals surface area contributed by atoms with Gasteiger partial charge in [0.05, 0.1) is 6.61 Å². The van der Waals surface area contributed by atoms with Gasteiger partial charge in [0.2, 0.25) is 5.88 Å². The van der Waals surface area contributed by atoms with Crippen LogP contribution in [0.5, 0.6) is 5.88 Å². The third kappa shape index (κ3) is 3.91. The molecule has 1 aromatic heterocycles. The SMILES string of the molecule is CC(C)COCCOc1nc2c(cc1CN)CCC2. The zero-order valence-corrected chi connectivity index (χ0v) is 11.9. The van der Waals surface area contributed by atoms with Crippen LogP contribution in [0, 0.1) is 5.92 Å². The van der Waals surface area contributed by atoms with Crippen molar-refractivity contribution in [3.05, 3.63) is 22.9 Å². The molecule has 1 aliphatic rings. The number of rotatable bonds is 7. The zero-order chi connectivity index (χ0) is 13.7. The fraction of sp³-hybridized carbons (Fsp3) is 0.667. The van der Waals surface area contributed by atoms with Gasteiger partial charge in [-0.1, -0.05) is 13.8 Å². The summed E-state index contributed by atoms with van der Waals surface area (Å²) in [6.45, 7) is 6.64. The fourth-order valence-corrected chi connectivity index (χ4v) is 2.29. The Labute approximate surface area is 115 Å². The van der Waals surface area contributed by atoms with Crippen LogP contribution in [0.3, 0.4) is 0 Å². The van der Waals surface area contributed by atoms with Crippen LogP contribution in [0.15, 0.2) is 6.07 Å². The summed E-state index contributed by atoms with van der Waals surface area (Å²) < 4.78 is 11.2. The minimum absolute atomic E-state index is 0.475. The maximum absolute atomic E-state index is 5.76. The van der Waals surface area contributed by atoms with Gasteiger partial charge in [-0.25, -0.2) is 4.98 Å². The van der Waals surface area contributed by atoms with Crippen LogP contribution in [0.2, 0.25) is 0 Å². The van der Waals surface area contributed by atoms with Crippen molar-refractivity contribution in [3.8, 4) is 5.88 Å². The highest BCUT2D eigenvalue weighted by Crippen LogP contribution is 2.26. The maximum atomic E-state index is 5.76. The van der Waals surface area contributed by atoms with Crippen LogP contribution in [-0.4, -0.2) is 24.8 Å². The molecule has 2 rings (SSSR count). The minimum Gasteiger partial charge on any atom is -0.475 e. The van der Waals surface area contributed by atoms with Gasteiger partial charge in [0.25, 0.3) is 0 Å². The lowest BCUT2D eigenvalue weighted by molar-refractivity contribution is 0.0803. The van der Waals surface area contributed by atoms with Gasteiger partial charge in [0.15, 0.2) is 0 Å². The zero-order valence-electron chi connectivity index (χ0n) is 11.9. The summed E-state index contributed by atoms with van der Waals surface area (Å²) in [5.74, 6) is 1.24. The number of ether oxygens (including phenoxy) is 2. The molecule has 0 fully saturated rings. The van der Waals surface area contributed by atoms with Crippen LogP contribution < -0.4 is 10.5 Å². The number of hydrogen-bond donors (Lipinski definition) is 1. The summed E-state index contributed by atoms with van der Waals surface area (Å²) in [7, 11) is 0. The van der Waals surface area contributed by atoms with Crippen molar-refractivity contribution in [1.29, 1.82) is 0 Å². The van der Waals surface area contributed by atoms with Crippen LogP contribution in [-0.2, 0) is 24.1 Å². The Morgan fingerprint density at radius 3 is 2.89 bits per heavy atom. The molecule has 1 heterocycles. The van der Waals surface area contributed by atoms with Crippen molar-refractivity contribution in [1.82, 2.24) is 4.98 Å². The maximum Gasteiger partial charge on any atom is 0.218 e. The molecule has 0 unspecified atom stereocenters. The van der Waals surface area contributed by atoms with Crippen molar-refractivity contribution < 1.29 is 9.47 Å². The Kier molecular flexibility index (Phi) is 5.16. The van der Waals surface area contributed by atoms with Crippen LogP contribution in [0.25, 0.3) is 0 Å². The van der Waals surface area contributed by atoms with Crippen molar-refractivity contribution in [2.45, 2.75) is 39.7 Å². The molecule has 0 bridgehead atoms. The number of pyridine rings is 1. The minimum atomic E-state index is 0.475. The molecule has 1 aliphatic carbocycles. The highest BCUT2D eigenvalue weighted by molar-refractivity contribution is 5.36. The standard InChI is InChI=1S/C15H24N2O2/c1-11(2)10-18-6-7-19-15-13(9-16)8-12-4-3-5-14(12)17-15/h8,11H,3-7,9-10,16H2,1-2H3. The second-order valence-corrected chi connectivity index (χ2v) is 5.43. The molecule has 2 N–H and O–H groups in total. The highest BCUT2D eigenvalue weighted by Gasteiger charge is 2.16. The van der Waals surface area contributed by atoms with Crippen molar-refractivity contribution >= 4 is 0 Å². The van der Waals surface area contributed by atoms with Gasteiger partial charge in [-0.3, -0.25) is 0 Å².